The minimum Gasteiger partial charge on any atom is -0.454 e. The summed E-state index contributed by atoms with van der Waals surface area (Å²) in [5, 5.41) is 18.5. The molecule has 10 heteroatoms. The number of aromatic nitrogens is 2. The number of nitro groups is 1. The molecule has 3 heterocycles. The molecule has 0 fully saturated rings. The van der Waals surface area contributed by atoms with Crippen molar-refractivity contribution < 1.29 is 19.2 Å². The Labute approximate surface area is 168 Å². The van der Waals surface area contributed by atoms with Gasteiger partial charge in [0.15, 0.2) is 11.5 Å². The van der Waals surface area contributed by atoms with E-state index in [9.17, 15) is 14.9 Å². The van der Waals surface area contributed by atoms with Gasteiger partial charge in [0.25, 0.3) is 11.6 Å². The summed E-state index contributed by atoms with van der Waals surface area (Å²) in [6.45, 7) is 0.137. The second kappa shape index (κ2) is 6.82. The Kier molecular flexibility index (Phi) is 4.13. The van der Waals surface area contributed by atoms with E-state index in [1.165, 1.54) is 12.1 Å². The van der Waals surface area contributed by atoms with E-state index in [-0.39, 0.29) is 18.4 Å². The molecule has 0 spiro atoms. The van der Waals surface area contributed by atoms with Gasteiger partial charge in [-0.15, -0.1) is 0 Å². The number of nitro benzene ring substituents is 1. The summed E-state index contributed by atoms with van der Waals surface area (Å²) >= 11 is 1.72. The number of benzene rings is 2. The maximum atomic E-state index is 12.9. The number of carbonyl (C=O) groups excluding carboxylic acids is 1. The number of ether oxygens (including phenoxy) is 2. The van der Waals surface area contributed by atoms with Crippen LogP contribution in [-0.4, -0.2) is 27.4 Å². The molecule has 2 aliphatic rings. The summed E-state index contributed by atoms with van der Waals surface area (Å²) < 4.78 is 12.3. The van der Waals surface area contributed by atoms with Crippen LogP contribution in [0.1, 0.15) is 21.6 Å². The lowest BCUT2D eigenvalue weighted by atomic mass is 10.2. The molecule has 1 N–H and O–H groups in total. The Morgan fingerprint density at radius 3 is 2.72 bits per heavy atom. The van der Waals surface area contributed by atoms with Gasteiger partial charge in [-0.2, -0.15) is 16.9 Å². The fourth-order valence-electron chi connectivity index (χ4n) is 3.26. The second-order valence-electron chi connectivity index (χ2n) is 6.47. The third kappa shape index (κ3) is 3.07. The maximum Gasteiger partial charge on any atom is 0.269 e. The van der Waals surface area contributed by atoms with Gasteiger partial charge in [-0.1, -0.05) is 0 Å². The minimum absolute atomic E-state index is 0.00468. The van der Waals surface area contributed by atoms with E-state index in [0.717, 1.165) is 22.8 Å². The Bertz CT molecular complexity index is 1140. The zero-order valence-corrected chi connectivity index (χ0v) is 15.8. The van der Waals surface area contributed by atoms with Gasteiger partial charge >= 0.3 is 0 Å². The van der Waals surface area contributed by atoms with Gasteiger partial charge in [0.1, 0.15) is 5.82 Å². The van der Waals surface area contributed by atoms with Crippen molar-refractivity contribution in [1.29, 1.82) is 0 Å². The molecule has 0 atom stereocenters. The molecule has 146 valence electrons. The van der Waals surface area contributed by atoms with Crippen LogP contribution in [0.3, 0.4) is 0 Å². The van der Waals surface area contributed by atoms with E-state index in [1.54, 1.807) is 46.8 Å². The minimum atomic E-state index is -0.453. The number of rotatable bonds is 4. The molecule has 3 aromatic rings. The van der Waals surface area contributed by atoms with E-state index in [2.05, 4.69) is 10.4 Å². The van der Waals surface area contributed by atoms with Crippen LogP contribution >= 0.6 is 11.8 Å². The second-order valence-corrected chi connectivity index (χ2v) is 7.46. The molecule has 5 rings (SSSR count). The highest BCUT2D eigenvalue weighted by Gasteiger charge is 2.26. The van der Waals surface area contributed by atoms with Crippen LogP contribution in [0.2, 0.25) is 0 Å². The monoisotopic (exact) mass is 410 g/mol. The van der Waals surface area contributed by atoms with Crippen molar-refractivity contribution in [2.45, 2.75) is 11.5 Å². The standard InChI is InChI=1S/C19H14N4O5S/c24-19(11-1-6-16-17(7-11)28-10-27-16)20-18-14-8-29-9-15(14)21-22(18)12-2-4-13(5-3-12)23(25)26/h1-7H,8-10H2,(H,20,24). The normalized spacial score (nSPS) is 13.9. The number of hydrogen-bond donors (Lipinski definition) is 1. The van der Waals surface area contributed by atoms with Crippen LogP contribution in [-0.2, 0) is 11.5 Å². The molecule has 0 unspecified atom stereocenters. The van der Waals surface area contributed by atoms with Crippen LogP contribution in [0, 0.1) is 10.1 Å². The number of fused-ring (bicyclic) bond motifs is 2. The van der Waals surface area contributed by atoms with E-state index >= 15 is 0 Å². The lowest BCUT2D eigenvalue weighted by Gasteiger charge is -2.11. The zero-order valence-electron chi connectivity index (χ0n) is 15.0. The molecular weight excluding hydrogens is 396 g/mol. The lowest BCUT2D eigenvalue weighted by Crippen LogP contribution is -2.16. The van der Waals surface area contributed by atoms with Gasteiger partial charge in [0.05, 0.1) is 16.3 Å². The highest BCUT2D eigenvalue weighted by atomic mass is 32.2. The predicted molar refractivity (Wildman–Crippen MR) is 106 cm³/mol. The first-order chi connectivity index (χ1) is 14.1. The SMILES string of the molecule is O=C(Nc1c2c(nn1-c1ccc([N+](=O)[O-])cc1)CSC2)c1ccc2c(c1)OCO2. The maximum absolute atomic E-state index is 12.9. The van der Waals surface area contributed by atoms with Crippen molar-refractivity contribution in [3.63, 3.8) is 0 Å². The number of carbonyl (C=O) groups is 1. The summed E-state index contributed by atoms with van der Waals surface area (Å²) in [6, 6.07) is 11.1. The fraction of sp³-hybridized carbons (Fsp3) is 0.158. The first-order valence-electron chi connectivity index (χ1n) is 8.74. The highest BCUT2D eigenvalue weighted by Crippen LogP contribution is 2.37. The molecule has 9 nitrogen and oxygen atoms in total. The van der Waals surface area contributed by atoms with Crippen molar-refractivity contribution in [1.82, 2.24) is 9.78 Å². The highest BCUT2D eigenvalue weighted by molar-refractivity contribution is 7.98. The van der Waals surface area contributed by atoms with Crippen LogP contribution in [0.5, 0.6) is 11.5 Å². The molecule has 1 amide bonds. The van der Waals surface area contributed by atoms with Gasteiger partial charge in [0, 0.05) is 34.8 Å². The quantitative estimate of drug-likeness (QED) is 0.518. The van der Waals surface area contributed by atoms with Crippen molar-refractivity contribution in [2.75, 3.05) is 12.1 Å². The molecule has 0 saturated heterocycles. The molecule has 0 aliphatic carbocycles. The van der Waals surface area contributed by atoms with E-state index < -0.39 is 4.92 Å². The average molecular weight is 410 g/mol. The van der Waals surface area contributed by atoms with Gasteiger partial charge < -0.3 is 14.8 Å². The summed E-state index contributed by atoms with van der Waals surface area (Å²) in [6.07, 6.45) is 0. The average Bonchev–Trinajstić information content (AvgIpc) is 3.44. The van der Waals surface area contributed by atoms with E-state index in [4.69, 9.17) is 9.47 Å². The van der Waals surface area contributed by atoms with E-state index in [1.807, 2.05) is 0 Å². The number of nitrogens with one attached hydrogen (secondary N) is 1. The topological polar surface area (TPSA) is 109 Å². The smallest absolute Gasteiger partial charge is 0.269 e. The number of hydrogen-bond acceptors (Lipinski definition) is 7. The Morgan fingerprint density at radius 2 is 1.93 bits per heavy atom. The Balaban J connectivity index is 1.49. The molecule has 2 aliphatic heterocycles. The Morgan fingerprint density at radius 1 is 1.14 bits per heavy atom. The molecule has 0 radical (unpaired) electrons. The van der Waals surface area contributed by atoms with Crippen molar-refractivity contribution >= 4 is 29.2 Å². The largest absolute Gasteiger partial charge is 0.454 e. The number of nitrogens with zero attached hydrogens (tertiary/aromatic N) is 3. The molecule has 2 aromatic carbocycles. The number of amides is 1. The molecule has 1 aromatic heterocycles. The molecule has 0 saturated carbocycles. The lowest BCUT2D eigenvalue weighted by molar-refractivity contribution is -0.384. The van der Waals surface area contributed by atoms with Crippen molar-refractivity contribution in [2.24, 2.45) is 0 Å². The predicted octanol–water partition coefficient (Wildman–Crippen LogP) is 3.51. The van der Waals surface area contributed by atoms with E-state index in [0.29, 0.717) is 28.6 Å². The zero-order chi connectivity index (χ0) is 20.0. The van der Waals surface area contributed by atoms with Crippen LogP contribution in [0.4, 0.5) is 11.5 Å². The number of thioether (sulfide) groups is 1. The summed E-state index contributed by atoms with van der Waals surface area (Å²) in [7, 11) is 0. The first kappa shape index (κ1) is 17.6. The van der Waals surface area contributed by atoms with Gasteiger partial charge in [0.2, 0.25) is 6.79 Å². The number of anilines is 1. The number of non-ortho nitro benzene ring substituents is 1. The van der Waals surface area contributed by atoms with Crippen LogP contribution in [0.15, 0.2) is 42.5 Å². The van der Waals surface area contributed by atoms with Crippen LogP contribution < -0.4 is 14.8 Å². The summed E-state index contributed by atoms with van der Waals surface area (Å²) in [5.74, 6) is 2.89. The van der Waals surface area contributed by atoms with Gasteiger partial charge in [-0.3, -0.25) is 14.9 Å². The summed E-state index contributed by atoms with van der Waals surface area (Å²) in [4.78, 5) is 23.4. The molecule has 29 heavy (non-hydrogen) atoms. The summed E-state index contributed by atoms with van der Waals surface area (Å²) in [5.41, 5.74) is 2.92. The van der Waals surface area contributed by atoms with Gasteiger partial charge in [-0.05, 0) is 30.3 Å². The van der Waals surface area contributed by atoms with Crippen molar-refractivity contribution in [3.05, 3.63) is 69.4 Å². The molecule has 0 bridgehead atoms. The third-order valence-corrected chi connectivity index (χ3v) is 5.69. The van der Waals surface area contributed by atoms with Gasteiger partial charge in [-0.25, -0.2) is 4.68 Å². The van der Waals surface area contributed by atoms with Crippen molar-refractivity contribution in [3.8, 4) is 17.2 Å². The third-order valence-electron chi connectivity index (χ3n) is 4.72. The first-order valence-corrected chi connectivity index (χ1v) is 9.90. The molecular formula is C19H14N4O5S. The fourth-order valence-corrected chi connectivity index (χ4v) is 4.30. The Hall–Kier alpha value is -3.53. The van der Waals surface area contributed by atoms with Crippen LogP contribution in [0.25, 0.3) is 5.69 Å².